The minimum Gasteiger partial charge on any atom is -0.383 e. The zero-order valence-corrected chi connectivity index (χ0v) is 12.2. The molecule has 1 aromatic heterocycles. The van der Waals surface area contributed by atoms with Gasteiger partial charge in [-0.15, -0.1) is 0 Å². The first kappa shape index (κ1) is 15.6. The highest BCUT2D eigenvalue weighted by Crippen LogP contribution is 2.18. The normalized spacial score (nSPS) is 12.4. The van der Waals surface area contributed by atoms with Crippen LogP contribution in [-0.2, 0) is 4.79 Å². The maximum atomic E-state index is 11.8. The van der Waals surface area contributed by atoms with Gasteiger partial charge < -0.3 is 16.0 Å². The van der Waals surface area contributed by atoms with Crippen LogP contribution in [0.5, 0.6) is 0 Å². The fourth-order valence-electron chi connectivity index (χ4n) is 1.36. The molecule has 0 aliphatic heterocycles. The highest BCUT2D eigenvalue weighted by molar-refractivity contribution is 8.00. The highest BCUT2D eigenvalue weighted by atomic mass is 32.2. The van der Waals surface area contributed by atoms with Gasteiger partial charge in [0.2, 0.25) is 5.91 Å². The number of nitrogens with two attached hydrogens (primary N) is 1. The number of anilines is 1. The average molecular weight is 284 g/mol. The molecule has 0 saturated heterocycles. The summed E-state index contributed by atoms with van der Waals surface area (Å²) in [5.41, 5.74) is 5.16. The second kappa shape index (κ2) is 7.18. The number of hydrogen-bond acceptors (Lipinski definition) is 5. The van der Waals surface area contributed by atoms with E-state index in [1.54, 1.807) is 6.92 Å². The van der Waals surface area contributed by atoms with Gasteiger partial charge in [-0.3, -0.25) is 9.59 Å². The lowest BCUT2D eigenvalue weighted by atomic mass is 10.1. The lowest BCUT2D eigenvalue weighted by molar-refractivity contribution is -0.120. The SMILES string of the molecule is CC(C)CCNC(=O)C(C)Sc1nc(N)cc(=O)[nH]1. The van der Waals surface area contributed by atoms with E-state index in [9.17, 15) is 9.59 Å². The van der Waals surface area contributed by atoms with Gasteiger partial charge >= 0.3 is 0 Å². The molecule has 0 radical (unpaired) electrons. The van der Waals surface area contributed by atoms with Crippen LogP contribution in [0.4, 0.5) is 5.82 Å². The fourth-order valence-corrected chi connectivity index (χ4v) is 2.20. The maximum Gasteiger partial charge on any atom is 0.253 e. The number of rotatable bonds is 6. The van der Waals surface area contributed by atoms with Gasteiger partial charge in [-0.25, -0.2) is 4.98 Å². The van der Waals surface area contributed by atoms with Crippen LogP contribution in [0.3, 0.4) is 0 Å². The van der Waals surface area contributed by atoms with E-state index in [-0.39, 0.29) is 22.5 Å². The molecule has 0 aliphatic rings. The number of nitrogens with one attached hydrogen (secondary N) is 2. The van der Waals surface area contributed by atoms with Crippen molar-refractivity contribution < 1.29 is 4.79 Å². The molecule has 0 bridgehead atoms. The van der Waals surface area contributed by atoms with Crippen molar-refractivity contribution >= 4 is 23.5 Å². The Morgan fingerprint density at radius 3 is 2.79 bits per heavy atom. The number of hydrogen-bond donors (Lipinski definition) is 3. The van der Waals surface area contributed by atoms with Crippen LogP contribution in [0.2, 0.25) is 0 Å². The molecule has 4 N–H and O–H groups in total. The molecule has 0 aliphatic carbocycles. The molecular weight excluding hydrogens is 264 g/mol. The number of carbonyl (C=O) groups excluding carboxylic acids is 1. The lowest BCUT2D eigenvalue weighted by Gasteiger charge is -2.12. The number of aromatic amines is 1. The summed E-state index contributed by atoms with van der Waals surface area (Å²) in [4.78, 5) is 29.6. The topological polar surface area (TPSA) is 101 Å². The zero-order chi connectivity index (χ0) is 14.4. The van der Waals surface area contributed by atoms with Crippen molar-refractivity contribution in [3.8, 4) is 0 Å². The molecule has 7 heteroatoms. The number of nitrogens with zero attached hydrogens (tertiary/aromatic N) is 1. The molecule has 19 heavy (non-hydrogen) atoms. The summed E-state index contributed by atoms with van der Waals surface area (Å²) < 4.78 is 0. The lowest BCUT2D eigenvalue weighted by Crippen LogP contribution is -2.32. The number of aromatic nitrogens is 2. The van der Waals surface area contributed by atoms with Crippen molar-refractivity contribution in [2.24, 2.45) is 5.92 Å². The second-order valence-corrected chi connectivity index (χ2v) is 6.04. The van der Waals surface area contributed by atoms with Gasteiger partial charge in [0, 0.05) is 12.6 Å². The molecule has 106 valence electrons. The average Bonchev–Trinajstić information content (AvgIpc) is 2.26. The van der Waals surface area contributed by atoms with E-state index in [0.29, 0.717) is 17.6 Å². The number of thioether (sulfide) groups is 1. The van der Waals surface area contributed by atoms with Gasteiger partial charge in [0.15, 0.2) is 5.16 Å². The fraction of sp³-hybridized carbons (Fsp3) is 0.583. The Hall–Kier alpha value is -1.50. The molecule has 1 unspecified atom stereocenters. The molecule has 0 fully saturated rings. The second-order valence-electron chi connectivity index (χ2n) is 4.71. The van der Waals surface area contributed by atoms with E-state index in [0.717, 1.165) is 6.42 Å². The number of amides is 1. The predicted octanol–water partition coefficient (Wildman–Crippen LogP) is 0.995. The zero-order valence-electron chi connectivity index (χ0n) is 11.4. The van der Waals surface area contributed by atoms with E-state index in [1.807, 2.05) is 0 Å². The third-order valence-electron chi connectivity index (χ3n) is 2.42. The molecule has 1 amide bonds. The maximum absolute atomic E-state index is 11.8. The van der Waals surface area contributed by atoms with Gasteiger partial charge in [-0.05, 0) is 19.3 Å². The third-order valence-corrected chi connectivity index (χ3v) is 3.40. The van der Waals surface area contributed by atoms with Crippen LogP contribution in [0.1, 0.15) is 27.2 Å². The van der Waals surface area contributed by atoms with Crippen LogP contribution < -0.4 is 16.6 Å². The summed E-state index contributed by atoms with van der Waals surface area (Å²) >= 11 is 1.18. The molecule has 0 aromatic carbocycles. The van der Waals surface area contributed by atoms with E-state index in [2.05, 4.69) is 29.1 Å². The third kappa shape index (κ3) is 5.78. The van der Waals surface area contributed by atoms with E-state index in [4.69, 9.17) is 5.73 Å². The summed E-state index contributed by atoms with van der Waals surface area (Å²) in [5.74, 6) is 0.629. The minimum absolute atomic E-state index is 0.0734. The summed E-state index contributed by atoms with van der Waals surface area (Å²) in [6.45, 7) is 6.62. The summed E-state index contributed by atoms with van der Waals surface area (Å²) in [6, 6.07) is 1.21. The van der Waals surface area contributed by atoms with Gasteiger partial charge in [-0.1, -0.05) is 25.6 Å². The Kier molecular flexibility index (Phi) is 5.88. The minimum atomic E-state index is -0.336. The van der Waals surface area contributed by atoms with Crippen molar-refractivity contribution in [3.05, 3.63) is 16.4 Å². The Morgan fingerprint density at radius 1 is 1.53 bits per heavy atom. The summed E-state index contributed by atoms with van der Waals surface area (Å²) in [5, 5.41) is 2.87. The van der Waals surface area contributed by atoms with Crippen molar-refractivity contribution in [2.75, 3.05) is 12.3 Å². The first-order chi connectivity index (χ1) is 8.88. The molecular formula is C12H20N4O2S. The van der Waals surface area contributed by atoms with Gasteiger partial charge in [0.05, 0.1) is 5.25 Å². The highest BCUT2D eigenvalue weighted by Gasteiger charge is 2.15. The summed E-state index contributed by atoms with van der Waals surface area (Å²) in [7, 11) is 0. The van der Waals surface area contributed by atoms with Crippen molar-refractivity contribution in [3.63, 3.8) is 0 Å². The first-order valence-corrected chi connectivity index (χ1v) is 7.07. The Balaban J connectivity index is 2.51. The van der Waals surface area contributed by atoms with E-state index in [1.165, 1.54) is 17.8 Å². The number of H-pyrrole nitrogens is 1. The number of carbonyl (C=O) groups is 1. The molecule has 1 rings (SSSR count). The van der Waals surface area contributed by atoms with Crippen molar-refractivity contribution in [1.82, 2.24) is 15.3 Å². The Bertz CT molecular complexity index is 487. The summed E-state index contributed by atoms with van der Waals surface area (Å²) in [6.07, 6.45) is 0.941. The van der Waals surface area contributed by atoms with Crippen LogP contribution in [0, 0.1) is 5.92 Å². The molecule has 6 nitrogen and oxygen atoms in total. The molecule has 0 saturated carbocycles. The Morgan fingerprint density at radius 2 is 2.21 bits per heavy atom. The molecule has 1 aromatic rings. The van der Waals surface area contributed by atoms with Gasteiger partial charge in [0.25, 0.3) is 5.56 Å². The van der Waals surface area contributed by atoms with Gasteiger partial charge in [-0.2, -0.15) is 0 Å². The monoisotopic (exact) mass is 284 g/mol. The largest absolute Gasteiger partial charge is 0.383 e. The molecule has 1 atom stereocenters. The smallest absolute Gasteiger partial charge is 0.253 e. The standard InChI is InChI=1S/C12H20N4O2S/c1-7(2)4-5-14-11(18)8(3)19-12-15-9(13)6-10(17)16-12/h6-8H,4-5H2,1-3H3,(H,14,18)(H3,13,15,16,17). The van der Waals surface area contributed by atoms with E-state index >= 15 is 0 Å². The van der Waals surface area contributed by atoms with Crippen LogP contribution in [-0.4, -0.2) is 27.7 Å². The predicted molar refractivity (Wildman–Crippen MR) is 77.1 cm³/mol. The van der Waals surface area contributed by atoms with Gasteiger partial charge in [0.1, 0.15) is 5.82 Å². The Labute approximate surface area is 116 Å². The van der Waals surface area contributed by atoms with Crippen LogP contribution in [0.15, 0.2) is 16.0 Å². The quantitative estimate of drug-likeness (QED) is 0.534. The van der Waals surface area contributed by atoms with Crippen LogP contribution in [0.25, 0.3) is 0 Å². The number of nitrogen functional groups attached to an aromatic ring is 1. The van der Waals surface area contributed by atoms with Crippen LogP contribution >= 0.6 is 11.8 Å². The van der Waals surface area contributed by atoms with E-state index < -0.39 is 0 Å². The van der Waals surface area contributed by atoms with Crippen molar-refractivity contribution in [1.29, 1.82) is 0 Å². The molecule has 1 heterocycles. The van der Waals surface area contributed by atoms with Crippen molar-refractivity contribution in [2.45, 2.75) is 37.6 Å². The first-order valence-electron chi connectivity index (χ1n) is 6.19. The molecule has 0 spiro atoms.